The molecule has 0 aromatic heterocycles. The van der Waals surface area contributed by atoms with Gasteiger partial charge in [0, 0.05) is 12.8 Å². The molecule has 0 unspecified atom stereocenters. The largest absolute Gasteiger partial charge is 0.333 e. The average molecular weight is 514 g/mol. The Morgan fingerprint density at radius 2 is 1.68 bits per heavy atom. The molecule has 1 nitrogen and oxygen atoms in total. The highest BCUT2D eigenvalue weighted by Crippen LogP contribution is 2.35. The SMILES string of the molecule is C1=C=CC(C2CCC2)=CC=1.C=C[CH]/C=C(\C=C\CC1=C[CH]C(C(C)(C)C)=C1)C1CCCC1.CC(C)C.CN. The lowest BCUT2D eigenvalue weighted by atomic mass is 9.79. The summed E-state index contributed by atoms with van der Waals surface area (Å²) in [5, 5.41) is 0. The molecule has 0 amide bonds. The lowest BCUT2D eigenvalue weighted by Crippen LogP contribution is -2.12. The summed E-state index contributed by atoms with van der Waals surface area (Å²) >= 11 is 0. The summed E-state index contributed by atoms with van der Waals surface area (Å²) in [6.45, 7) is 17.1. The van der Waals surface area contributed by atoms with Crippen molar-refractivity contribution in [1.29, 1.82) is 0 Å². The number of allylic oxidation sites excluding steroid dienone is 13. The summed E-state index contributed by atoms with van der Waals surface area (Å²) < 4.78 is 0. The first-order valence-corrected chi connectivity index (χ1v) is 14.7. The molecule has 0 aromatic carbocycles. The van der Waals surface area contributed by atoms with Crippen molar-refractivity contribution < 1.29 is 0 Å². The lowest BCUT2D eigenvalue weighted by Gasteiger charge is -2.26. The van der Waals surface area contributed by atoms with Crippen LogP contribution in [-0.2, 0) is 0 Å². The summed E-state index contributed by atoms with van der Waals surface area (Å²) in [4.78, 5) is 0. The Hall–Kier alpha value is -2.30. The van der Waals surface area contributed by atoms with Crippen molar-refractivity contribution in [2.75, 3.05) is 7.05 Å². The van der Waals surface area contributed by atoms with E-state index in [1.54, 1.807) is 0 Å². The van der Waals surface area contributed by atoms with Crippen LogP contribution in [0.25, 0.3) is 0 Å². The molecule has 0 aliphatic heterocycles. The van der Waals surface area contributed by atoms with E-state index in [9.17, 15) is 0 Å². The maximum absolute atomic E-state index is 4.50. The van der Waals surface area contributed by atoms with Crippen molar-refractivity contribution in [2.24, 2.45) is 28.9 Å². The van der Waals surface area contributed by atoms with Gasteiger partial charge in [-0.05, 0) is 97.3 Å². The Morgan fingerprint density at radius 3 is 2.16 bits per heavy atom. The Labute approximate surface area is 236 Å². The summed E-state index contributed by atoms with van der Waals surface area (Å²) in [6, 6.07) is 0. The molecule has 0 atom stereocenters. The van der Waals surface area contributed by atoms with Crippen molar-refractivity contribution >= 4 is 0 Å². The van der Waals surface area contributed by atoms with E-state index in [-0.39, 0.29) is 5.41 Å². The highest BCUT2D eigenvalue weighted by Gasteiger charge is 2.21. The van der Waals surface area contributed by atoms with Crippen LogP contribution >= 0.6 is 0 Å². The third-order valence-electron chi connectivity index (χ3n) is 6.86. The van der Waals surface area contributed by atoms with Gasteiger partial charge >= 0.3 is 0 Å². The fourth-order valence-corrected chi connectivity index (χ4v) is 4.54. The van der Waals surface area contributed by atoms with Gasteiger partial charge in [0.15, 0.2) is 0 Å². The minimum absolute atomic E-state index is 0.246. The van der Waals surface area contributed by atoms with Crippen LogP contribution in [0.2, 0.25) is 0 Å². The van der Waals surface area contributed by atoms with E-state index >= 15 is 0 Å². The van der Waals surface area contributed by atoms with Crippen LogP contribution in [0.4, 0.5) is 0 Å². The first-order chi connectivity index (χ1) is 18.2. The molecular weight excluding hydrogens is 458 g/mol. The second kappa shape index (κ2) is 18.9. The van der Waals surface area contributed by atoms with E-state index in [1.807, 2.05) is 12.2 Å². The zero-order valence-electron chi connectivity index (χ0n) is 25.5. The zero-order valence-corrected chi connectivity index (χ0v) is 25.5. The van der Waals surface area contributed by atoms with Gasteiger partial charge in [-0.1, -0.05) is 114 Å². The molecule has 0 aromatic rings. The van der Waals surface area contributed by atoms with Crippen molar-refractivity contribution in [2.45, 2.75) is 92.9 Å². The third-order valence-corrected chi connectivity index (χ3v) is 6.86. The van der Waals surface area contributed by atoms with E-state index in [2.05, 4.69) is 121 Å². The number of hydrogen-bond acceptors (Lipinski definition) is 1. The average Bonchev–Trinajstić information content (AvgIpc) is 3.55. The highest BCUT2D eigenvalue weighted by atomic mass is 14.4. The van der Waals surface area contributed by atoms with Crippen molar-refractivity contribution in [3.8, 4) is 0 Å². The molecule has 2 fully saturated rings. The van der Waals surface area contributed by atoms with Crippen molar-refractivity contribution in [3.63, 3.8) is 0 Å². The van der Waals surface area contributed by atoms with E-state index in [0.29, 0.717) is 0 Å². The van der Waals surface area contributed by atoms with Crippen molar-refractivity contribution in [3.05, 3.63) is 108 Å². The Bertz CT molecular complexity index is 944. The van der Waals surface area contributed by atoms with Gasteiger partial charge in [-0.3, -0.25) is 0 Å². The third kappa shape index (κ3) is 13.5. The van der Waals surface area contributed by atoms with Gasteiger partial charge in [-0.15, -0.1) is 6.58 Å². The zero-order chi connectivity index (χ0) is 28.4. The second-order valence-electron chi connectivity index (χ2n) is 12.1. The predicted octanol–water partition coefficient (Wildman–Crippen LogP) is 10.4. The first-order valence-electron chi connectivity index (χ1n) is 14.7. The predicted molar refractivity (Wildman–Crippen MR) is 170 cm³/mol. The number of rotatable bonds is 7. The van der Waals surface area contributed by atoms with Gasteiger partial charge in [0.05, 0.1) is 0 Å². The quantitative estimate of drug-likeness (QED) is 0.266. The second-order valence-corrected chi connectivity index (χ2v) is 12.1. The topological polar surface area (TPSA) is 26.0 Å². The Balaban J connectivity index is 0.000000370. The molecule has 2 radical (unpaired) electrons. The summed E-state index contributed by atoms with van der Waals surface area (Å²) in [5.74, 6) is 2.42. The smallest absolute Gasteiger partial charge is 0.00919 e. The molecule has 4 rings (SSSR count). The minimum atomic E-state index is 0.246. The van der Waals surface area contributed by atoms with E-state index in [0.717, 1.165) is 24.2 Å². The molecular formula is C37H55N. The molecule has 0 saturated heterocycles. The molecule has 0 bridgehead atoms. The summed E-state index contributed by atoms with van der Waals surface area (Å²) in [6.07, 6.45) is 34.5. The molecule has 208 valence electrons. The van der Waals surface area contributed by atoms with Crippen molar-refractivity contribution in [1.82, 2.24) is 0 Å². The van der Waals surface area contributed by atoms with Crippen LogP contribution in [0, 0.1) is 36.0 Å². The molecule has 2 N–H and O–H groups in total. The Morgan fingerprint density at radius 1 is 1.03 bits per heavy atom. The summed E-state index contributed by atoms with van der Waals surface area (Å²) in [5.41, 5.74) is 16.4. The van der Waals surface area contributed by atoms with Crippen LogP contribution in [0.15, 0.2) is 95.0 Å². The Kier molecular flexibility index (Phi) is 16.7. The van der Waals surface area contributed by atoms with Crippen LogP contribution in [0.1, 0.15) is 92.9 Å². The highest BCUT2D eigenvalue weighted by molar-refractivity contribution is 5.44. The van der Waals surface area contributed by atoms with E-state index in [1.165, 1.54) is 74.3 Å². The van der Waals surface area contributed by atoms with Gasteiger partial charge in [-0.25, -0.2) is 0 Å². The molecule has 38 heavy (non-hydrogen) atoms. The van der Waals surface area contributed by atoms with Crippen LogP contribution < -0.4 is 5.73 Å². The summed E-state index contributed by atoms with van der Waals surface area (Å²) in [7, 11) is 1.50. The van der Waals surface area contributed by atoms with Crippen LogP contribution in [0.3, 0.4) is 0 Å². The van der Waals surface area contributed by atoms with E-state index in [4.69, 9.17) is 0 Å². The first kappa shape index (κ1) is 33.7. The van der Waals surface area contributed by atoms with E-state index < -0.39 is 0 Å². The maximum Gasteiger partial charge on any atom is 0.00919 e. The monoisotopic (exact) mass is 513 g/mol. The van der Waals surface area contributed by atoms with Gasteiger partial charge in [0.2, 0.25) is 0 Å². The molecule has 2 saturated carbocycles. The van der Waals surface area contributed by atoms with Crippen LogP contribution in [-0.4, -0.2) is 7.05 Å². The fraction of sp³-hybridized carbons (Fsp3) is 0.514. The molecule has 0 spiro atoms. The molecule has 0 heterocycles. The molecule has 4 aliphatic rings. The van der Waals surface area contributed by atoms with Gasteiger partial charge < -0.3 is 5.73 Å². The van der Waals surface area contributed by atoms with Gasteiger partial charge in [-0.2, -0.15) is 0 Å². The fourth-order valence-electron chi connectivity index (χ4n) is 4.54. The number of hydrogen-bond donors (Lipinski definition) is 1. The lowest BCUT2D eigenvalue weighted by molar-refractivity contribution is 0.374. The molecule has 1 heteroatoms. The number of nitrogens with two attached hydrogens (primary N) is 1. The maximum atomic E-state index is 4.50. The minimum Gasteiger partial charge on any atom is -0.333 e. The normalized spacial score (nSPS) is 19.0. The van der Waals surface area contributed by atoms with Gasteiger partial charge in [0.25, 0.3) is 0 Å². The standard InChI is InChI=1S/C22H30.C10H10.C4H10.CH5N/c1-5-6-11-19(20-12-7-8-13-20)14-9-10-18-15-16-21(17-18)22(2,3)4;1-2-5-9(6-3-1)10-7-4-8-10;1-4(2)3;1-2/h5-6,9,11,14-17,20H,1,7-8,10,12-13H2,2-4H3;2,5-6,10H,4,7-8H2;4H,1-3H3;2H2,1H3/b14-9+,19-11+;;;. The van der Waals surface area contributed by atoms with Gasteiger partial charge in [0.1, 0.15) is 0 Å². The van der Waals surface area contributed by atoms with Crippen LogP contribution in [0.5, 0.6) is 0 Å². The molecule has 4 aliphatic carbocycles.